The highest BCUT2D eigenvalue weighted by atomic mass is 16.5. The Morgan fingerprint density at radius 1 is 1.18 bits per heavy atom. The van der Waals surface area contributed by atoms with Crippen molar-refractivity contribution in [2.24, 2.45) is 0 Å². The number of nitrogens with zero attached hydrogens (tertiary/aromatic N) is 2. The second-order valence-corrected chi connectivity index (χ2v) is 5.89. The third kappa shape index (κ3) is 2.90. The van der Waals surface area contributed by atoms with Gasteiger partial charge in [-0.15, -0.1) is 0 Å². The van der Waals surface area contributed by atoms with E-state index in [-0.39, 0.29) is 24.0 Å². The summed E-state index contributed by atoms with van der Waals surface area (Å²) in [6.07, 6.45) is 3.03. The van der Waals surface area contributed by atoms with Crippen molar-refractivity contribution >= 4 is 0 Å². The van der Waals surface area contributed by atoms with E-state index in [9.17, 15) is 9.59 Å². The third-order valence-corrected chi connectivity index (χ3v) is 3.93. The van der Waals surface area contributed by atoms with Gasteiger partial charge in [-0.25, -0.2) is 4.79 Å². The monoisotopic (exact) mass is 300 g/mol. The van der Waals surface area contributed by atoms with Crippen LogP contribution in [0.4, 0.5) is 0 Å². The van der Waals surface area contributed by atoms with E-state index >= 15 is 0 Å². The molecule has 0 N–H and O–H groups in total. The van der Waals surface area contributed by atoms with E-state index in [1.807, 2.05) is 26.0 Å². The molecule has 2 heterocycles. The molecule has 1 aliphatic rings. The van der Waals surface area contributed by atoms with E-state index in [1.54, 1.807) is 6.20 Å². The van der Waals surface area contributed by atoms with Crippen LogP contribution in [-0.2, 0) is 11.3 Å². The fourth-order valence-electron chi connectivity index (χ4n) is 3.02. The van der Waals surface area contributed by atoms with E-state index in [0.29, 0.717) is 6.61 Å². The van der Waals surface area contributed by atoms with Crippen LogP contribution in [0.15, 0.2) is 40.1 Å². The average Bonchev–Trinajstić information content (AvgIpc) is 2.96. The van der Waals surface area contributed by atoms with Crippen molar-refractivity contribution in [3.05, 3.63) is 68.0 Å². The molecule has 1 aromatic heterocycles. The smallest absolute Gasteiger partial charge is 0.333 e. The lowest BCUT2D eigenvalue weighted by molar-refractivity contribution is 0.0514. The van der Waals surface area contributed by atoms with Crippen molar-refractivity contribution < 1.29 is 4.74 Å². The van der Waals surface area contributed by atoms with E-state index in [1.165, 1.54) is 15.2 Å². The summed E-state index contributed by atoms with van der Waals surface area (Å²) in [5.41, 5.74) is 2.62. The molecule has 22 heavy (non-hydrogen) atoms. The van der Waals surface area contributed by atoms with Crippen LogP contribution in [-0.4, -0.2) is 15.7 Å². The first-order valence-corrected chi connectivity index (χ1v) is 7.55. The predicted molar refractivity (Wildman–Crippen MR) is 84.2 cm³/mol. The standard InChI is InChI=1S/C17H20N2O3/c1-12-8-13(2)10-14(9-12)11-19-15(20)5-6-18(17(19)21)16-4-3-7-22-16/h5-6,8-10,16H,3-4,7,11H2,1-2H3. The van der Waals surface area contributed by atoms with Crippen molar-refractivity contribution in [3.63, 3.8) is 0 Å². The lowest BCUT2D eigenvalue weighted by atomic mass is 10.1. The maximum atomic E-state index is 12.6. The van der Waals surface area contributed by atoms with E-state index in [2.05, 4.69) is 6.07 Å². The Hall–Kier alpha value is -2.14. The minimum atomic E-state index is -0.307. The predicted octanol–water partition coefficient (Wildman–Crippen LogP) is 1.98. The summed E-state index contributed by atoms with van der Waals surface area (Å²) in [5, 5.41) is 0. The molecular weight excluding hydrogens is 280 g/mol. The number of hydrogen-bond donors (Lipinski definition) is 0. The molecule has 0 spiro atoms. The third-order valence-electron chi connectivity index (χ3n) is 3.93. The largest absolute Gasteiger partial charge is 0.358 e. The summed E-state index contributed by atoms with van der Waals surface area (Å²) < 4.78 is 8.35. The van der Waals surface area contributed by atoms with Gasteiger partial charge in [0.25, 0.3) is 5.56 Å². The van der Waals surface area contributed by atoms with Gasteiger partial charge in [0.15, 0.2) is 0 Å². The highest BCUT2D eigenvalue weighted by Crippen LogP contribution is 2.20. The lowest BCUT2D eigenvalue weighted by Crippen LogP contribution is -2.40. The molecule has 1 fully saturated rings. The van der Waals surface area contributed by atoms with Crippen molar-refractivity contribution in [1.29, 1.82) is 0 Å². The molecule has 0 bridgehead atoms. The number of hydrogen-bond acceptors (Lipinski definition) is 3. The Bertz CT molecular complexity index is 778. The summed E-state index contributed by atoms with van der Waals surface area (Å²) >= 11 is 0. The van der Waals surface area contributed by atoms with Crippen molar-refractivity contribution in [2.75, 3.05) is 6.61 Å². The van der Waals surface area contributed by atoms with Crippen molar-refractivity contribution in [2.45, 2.75) is 39.5 Å². The Balaban J connectivity index is 2.01. The number of rotatable bonds is 3. The van der Waals surface area contributed by atoms with Crippen LogP contribution in [0.5, 0.6) is 0 Å². The Morgan fingerprint density at radius 3 is 2.55 bits per heavy atom. The molecule has 5 heteroatoms. The molecule has 3 rings (SSSR count). The molecule has 116 valence electrons. The van der Waals surface area contributed by atoms with Gasteiger partial charge in [0.2, 0.25) is 0 Å². The molecule has 0 saturated carbocycles. The fourth-order valence-corrected chi connectivity index (χ4v) is 3.02. The summed E-state index contributed by atoms with van der Waals surface area (Å²) in [7, 11) is 0. The van der Waals surface area contributed by atoms with Gasteiger partial charge < -0.3 is 4.74 Å². The first-order valence-electron chi connectivity index (χ1n) is 7.55. The molecule has 1 aromatic carbocycles. The minimum Gasteiger partial charge on any atom is -0.358 e. The zero-order valence-corrected chi connectivity index (χ0v) is 12.9. The molecule has 1 unspecified atom stereocenters. The summed E-state index contributed by atoms with van der Waals surface area (Å²) in [5.74, 6) is 0. The number of benzene rings is 1. The maximum Gasteiger partial charge on any atom is 0.333 e. The Kier molecular flexibility index (Phi) is 3.98. The normalized spacial score (nSPS) is 17.8. The lowest BCUT2D eigenvalue weighted by Gasteiger charge is -2.15. The first kappa shape index (κ1) is 14.8. The summed E-state index contributed by atoms with van der Waals surface area (Å²) in [6, 6.07) is 7.51. The van der Waals surface area contributed by atoms with Gasteiger partial charge in [0, 0.05) is 18.9 Å². The van der Waals surface area contributed by atoms with Crippen LogP contribution in [0.3, 0.4) is 0 Å². The van der Waals surface area contributed by atoms with Crippen LogP contribution >= 0.6 is 0 Å². The molecule has 0 amide bonds. The summed E-state index contributed by atoms with van der Waals surface area (Å²) in [4.78, 5) is 24.7. The van der Waals surface area contributed by atoms with Crippen LogP contribution in [0.2, 0.25) is 0 Å². The van der Waals surface area contributed by atoms with Gasteiger partial charge in [-0.1, -0.05) is 29.3 Å². The molecule has 0 aliphatic carbocycles. The average molecular weight is 300 g/mol. The van der Waals surface area contributed by atoms with E-state index < -0.39 is 0 Å². The molecular formula is C17H20N2O3. The topological polar surface area (TPSA) is 53.2 Å². The van der Waals surface area contributed by atoms with Crippen molar-refractivity contribution in [1.82, 2.24) is 9.13 Å². The SMILES string of the molecule is Cc1cc(C)cc(Cn2c(=O)ccn(C3CCCO3)c2=O)c1. The summed E-state index contributed by atoms with van der Waals surface area (Å²) in [6.45, 7) is 4.96. The van der Waals surface area contributed by atoms with Crippen LogP contribution in [0.1, 0.15) is 35.8 Å². The molecule has 1 atom stereocenters. The van der Waals surface area contributed by atoms with Gasteiger partial charge in [0.1, 0.15) is 6.23 Å². The number of ether oxygens (including phenoxy) is 1. The molecule has 2 aromatic rings. The molecule has 1 aliphatic heterocycles. The highest BCUT2D eigenvalue weighted by Gasteiger charge is 2.19. The van der Waals surface area contributed by atoms with E-state index in [4.69, 9.17) is 4.74 Å². The zero-order valence-electron chi connectivity index (χ0n) is 12.9. The zero-order chi connectivity index (χ0) is 15.7. The molecule has 5 nitrogen and oxygen atoms in total. The fraction of sp³-hybridized carbons (Fsp3) is 0.412. The van der Waals surface area contributed by atoms with Gasteiger partial charge in [-0.05, 0) is 32.3 Å². The van der Waals surface area contributed by atoms with Crippen LogP contribution < -0.4 is 11.2 Å². The quantitative estimate of drug-likeness (QED) is 0.871. The minimum absolute atomic E-state index is 0.251. The van der Waals surface area contributed by atoms with Gasteiger partial charge in [0.05, 0.1) is 6.54 Å². The second-order valence-electron chi connectivity index (χ2n) is 5.89. The van der Waals surface area contributed by atoms with Gasteiger partial charge >= 0.3 is 5.69 Å². The highest BCUT2D eigenvalue weighted by molar-refractivity contribution is 5.28. The van der Waals surface area contributed by atoms with Crippen LogP contribution in [0.25, 0.3) is 0 Å². The maximum absolute atomic E-state index is 12.6. The Morgan fingerprint density at radius 2 is 1.91 bits per heavy atom. The van der Waals surface area contributed by atoms with Gasteiger partial charge in [-0.3, -0.25) is 13.9 Å². The molecule has 1 saturated heterocycles. The number of aryl methyl sites for hydroxylation is 2. The van der Waals surface area contributed by atoms with Crippen molar-refractivity contribution in [3.8, 4) is 0 Å². The van der Waals surface area contributed by atoms with Gasteiger partial charge in [-0.2, -0.15) is 0 Å². The second kappa shape index (κ2) is 5.93. The van der Waals surface area contributed by atoms with E-state index in [0.717, 1.165) is 29.5 Å². The Labute approximate surface area is 128 Å². The first-order chi connectivity index (χ1) is 10.5. The molecule has 0 radical (unpaired) electrons. The number of aromatic nitrogens is 2. The van der Waals surface area contributed by atoms with Crippen LogP contribution in [0, 0.1) is 13.8 Å².